The van der Waals surface area contributed by atoms with E-state index in [1.807, 2.05) is 25.1 Å². The van der Waals surface area contributed by atoms with E-state index < -0.39 is 0 Å². The maximum Gasteiger partial charge on any atom is 0.344 e. The average molecular weight is 236 g/mol. The smallest absolute Gasteiger partial charge is 0.344 e. The van der Waals surface area contributed by atoms with Gasteiger partial charge in [-0.1, -0.05) is 19.9 Å². The molecule has 17 heavy (non-hydrogen) atoms. The second-order valence-electron chi connectivity index (χ2n) is 4.27. The molecule has 3 nitrogen and oxygen atoms in total. The fourth-order valence-electron chi connectivity index (χ4n) is 1.73. The van der Waals surface area contributed by atoms with Gasteiger partial charge < -0.3 is 9.47 Å². The van der Waals surface area contributed by atoms with Crippen molar-refractivity contribution in [2.75, 3.05) is 13.2 Å². The molecule has 0 aliphatic rings. The van der Waals surface area contributed by atoms with Crippen molar-refractivity contribution in [1.29, 1.82) is 0 Å². The minimum Gasteiger partial charge on any atom is -0.482 e. The van der Waals surface area contributed by atoms with Crippen LogP contribution < -0.4 is 4.74 Å². The van der Waals surface area contributed by atoms with Gasteiger partial charge in [0.1, 0.15) is 5.75 Å². The molecule has 1 rings (SSSR count). The highest BCUT2D eigenvalue weighted by Crippen LogP contribution is 2.23. The van der Waals surface area contributed by atoms with Crippen molar-refractivity contribution in [1.82, 2.24) is 0 Å². The maximum absolute atomic E-state index is 11.1. The maximum atomic E-state index is 11.1. The van der Waals surface area contributed by atoms with Crippen LogP contribution in [0.25, 0.3) is 0 Å². The van der Waals surface area contributed by atoms with Crippen LogP contribution in [0.1, 0.15) is 37.8 Å². The number of hydrogen-bond acceptors (Lipinski definition) is 3. The Morgan fingerprint density at radius 3 is 2.59 bits per heavy atom. The lowest BCUT2D eigenvalue weighted by molar-refractivity contribution is -0.145. The van der Waals surface area contributed by atoms with Gasteiger partial charge in [0.2, 0.25) is 0 Å². The van der Waals surface area contributed by atoms with Crippen LogP contribution in [0.2, 0.25) is 0 Å². The number of carbonyl (C=O) groups excluding carboxylic acids is 1. The van der Waals surface area contributed by atoms with E-state index in [-0.39, 0.29) is 12.6 Å². The van der Waals surface area contributed by atoms with Gasteiger partial charge in [0.15, 0.2) is 6.61 Å². The van der Waals surface area contributed by atoms with Crippen LogP contribution >= 0.6 is 0 Å². The van der Waals surface area contributed by atoms with Crippen LogP contribution in [0.4, 0.5) is 0 Å². The summed E-state index contributed by atoms with van der Waals surface area (Å²) in [5.41, 5.74) is 2.48. The summed E-state index contributed by atoms with van der Waals surface area (Å²) in [6.07, 6.45) is 0. The van der Waals surface area contributed by atoms with Crippen molar-refractivity contribution in [2.24, 2.45) is 0 Å². The molecule has 0 radical (unpaired) electrons. The Labute approximate surface area is 103 Å². The molecule has 0 atom stereocenters. The predicted molar refractivity (Wildman–Crippen MR) is 67.4 cm³/mol. The highest BCUT2D eigenvalue weighted by Gasteiger charge is 2.06. The number of hydrogen-bond donors (Lipinski definition) is 0. The molecule has 1 aromatic rings. The van der Waals surface area contributed by atoms with E-state index in [9.17, 15) is 4.79 Å². The van der Waals surface area contributed by atoms with Crippen LogP contribution in [0, 0.1) is 6.92 Å². The van der Waals surface area contributed by atoms with Crippen LogP contribution in [0.15, 0.2) is 18.2 Å². The molecule has 0 aliphatic carbocycles. The molecule has 1 aromatic carbocycles. The number of esters is 1. The Morgan fingerprint density at radius 2 is 2.06 bits per heavy atom. The monoisotopic (exact) mass is 236 g/mol. The Kier molecular flexibility index (Phi) is 5.01. The van der Waals surface area contributed by atoms with Gasteiger partial charge in [0.25, 0.3) is 0 Å². The third-order valence-electron chi connectivity index (χ3n) is 2.53. The zero-order valence-electron chi connectivity index (χ0n) is 10.9. The molecular formula is C14H20O3. The molecule has 0 unspecified atom stereocenters. The molecule has 94 valence electrons. The van der Waals surface area contributed by atoms with Crippen molar-refractivity contribution in [3.63, 3.8) is 0 Å². The third kappa shape index (κ3) is 4.10. The predicted octanol–water partition coefficient (Wildman–Crippen LogP) is 3.06. The molecule has 0 aromatic heterocycles. The first-order valence-corrected chi connectivity index (χ1v) is 5.93. The fraction of sp³-hybridized carbons (Fsp3) is 0.500. The van der Waals surface area contributed by atoms with Gasteiger partial charge in [-0.2, -0.15) is 0 Å². The van der Waals surface area contributed by atoms with E-state index in [0.29, 0.717) is 18.3 Å². The molecule has 0 saturated heterocycles. The molecule has 0 spiro atoms. The molecule has 0 bridgehead atoms. The Hall–Kier alpha value is -1.51. The highest BCUT2D eigenvalue weighted by atomic mass is 16.6. The highest BCUT2D eigenvalue weighted by molar-refractivity contribution is 5.71. The van der Waals surface area contributed by atoms with E-state index >= 15 is 0 Å². The van der Waals surface area contributed by atoms with Crippen molar-refractivity contribution in [2.45, 2.75) is 33.6 Å². The molecular weight excluding hydrogens is 216 g/mol. The number of rotatable bonds is 5. The van der Waals surface area contributed by atoms with Gasteiger partial charge in [0.05, 0.1) is 6.61 Å². The summed E-state index contributed by atoms with van der Waals surface area (Å²) >= 11 is 0. The van der Waals surface area contributed by atoms with Crippen molar-refractivity contribution >= 4 is 5.97 Å². The molecule has 0 fully saturated rings. The van der Waals surface area contributed by atoms with Gasteiger partial charge in [-0.15, -0.1) is 0 Å². The van der Waals surface area contributed by atoms with Gasteiger partial charge in [-0.05, 0) is 43.0 Å². The Balaban J connectivity index is 2.62. The first kappa shape index (κ1) is 13.6. The summed E-state index contributed by atoms with van der Waals surface area (Å²) in [5.74, 6) is 0.868. The first-order valence-electron chi connectivity index (χ1n) is 5.93. The van der Waals surface area contributed by atoms with Gasteiger partial charge in [-0.3, -0.25) is 0 Å². The van der Waals surface area contributed by atoms with Crippen molar-refractivity contribution in [3.05, 3.63) is 29.3 Å². The second-order valence-corrected chi connectivity index (χ2v) is 4.27. The largest absolute Gasteiger partial charge is 0.482 e. The number of ether oxygens (including phenoxy) is 2. The molecule has 0 heterocycles. The Bertz CT molecular complexity index is 383. The zero-order valence-corrected chi connectivity index (χ0v) is 10.9. The lowest BCUT2D eigenvalue weighted by atomic mass is 9.98. The Morgan fingerprint density at radius 1 is 1.35 bits per heavy atom. The number of carbonyl (C=O) groups is 1. The molecule has 3 heteroatoms. The minimum absolute atomic E-state index is 0.0334. The summed E-state index contributed by atoms with van der Waals surface area (Å²) in [4.78, 5) is 11.1. The van der Waals surface area contributed by atoms with Crippen LogP contribution in [0.3, 0.4) is 0 Å². The van der Waals surface area contributed by atoms with Gasteiger partial charge in [-0.25, -0.2) is 4.79 Å². The number of benzene rings is 1. The molecule has 0 amide bonds. The van der Waals surface area contributed by atoms with Crippen molar-refractivity contribution < 1.29 is 14.3 Å². The summed E-state index contributed by atoms with van der Waals surface area (Å²) in [6.45, 7) is 8.48. The van der Waals surface area contributed by atoms with E-state index in [1.165, 1.54) is 11.1 Å². The van der Waals surface area contributed by atoms with Gasteiger partial charge in [0, 0.05) is 0 Å². The van der Waals surface area contributed by atoms with E-state index in [0.717, 1.165) is 0 Å². The molecule has 0 aliphatic heterocycles. The van der Waals surface area contributed by atoms with Crippen molar-refractivity contribution in [3.8, 4) is 5.75 Å². The number of aryl methyl sites for hydroxylation is 1. The van der Waals surface area contributed by atoms with Crippen LogP contribution in [0.5, 0.6) is 5.75 Å². The zero-order chi connectivity index (χ0) is 12.8. The normalized spacial score (nSPS) is 10.4. The van der Waals surface area contributed by atoms with E-state index in [2.05, 4.69) is 13.8 Å². The quantitative estimate of drug-likeness (QED) is 0.737. The SMILES string of the molecule is CCOC(=O)COc1ccc(C(C)C)c(C)c1. The lowest BCUT2D eigenvalue weighted by Gasteiger charge is -2.12. The first-order chi connectivity index (χ1) is 8.04. The lowest BCUT2D eigenvalue weighted by Crippen LogP contribution is -2.14. The summed E-state index contributed by atoms with van der Waals surface area (Å²) in [7, 11) is 0. The van der Waals surface area contributed by atoms with Gasteiger partial charge >= 0.3 is 5.97 Å². The summed E-state index contributed by atoms with van der Waals surface area (Å²) in [5, 5.41) is 0. The standard InChI is InChI=1S/C14H20O3/c1-5-16-14(15)9-17-12-6-7-13(10(2)3)11(4)8-12/h6-8,10H,5,9H2,1-4H3. The average Bonchev–Trinajstić information content (AvgIpc) is 2.26. The molecule has 0 saturated carbocycles. The summed E-state index contributed by atoms with van der Waals surface area (Å²) in [6, 6.07) is 5.89. The third-order valence-corrected chi connectivity index (χ3v) is 2.53. The fourth-order valence-corrected chi connectivity index (χ4v) is 1.73. The summed E-state index contributed by atoms with van der Waals surface area (Å²) < 4.78 is 10.2. The van der Waals surface area contributed by atoms with E-state index in [1.54, 1.807) is 6.92 Å². The molecule has 0 N–H and O–H groups in total. The topological polar surface area (TPSA) is 35.5 Å². The van der Waals surface area contributed by atoms with Crippen LogP contribution in [-0.4, -0.2) is 19.2 Å². The van der Waals surface area contributed by atoms with E-state index in [4.69, 9.17) is 9.47 Å². The van der Waals surface area contributed by atoms with Crippen LogP contribution in [-0.2, 0) is 9.53 Å². The second kappa shape index (κ2) is 6.28. The minimum atomic E-state index is -0.335.